The van der Waals surface area contributed by atoms with E-state index < -0.39 is 17.7 Å². The van der Waals surface area contributed by atoms with Crippen molar-refractivity contribution in [3.63, 3.8) is 0 Å². The van der Waals surface area contributed by atoms with Crippen LogP contribution in [0.25, 0.3) is 0 Å². The molecule has 0 heterocycles. The molecule has 2 aromatic carbocycles. The quantitative estimate of drug-likeness (QED) is 0.861. The van der Waals surface area contributed by atoms with Crippen molar-refractivity contribution in [3.05, 3.63) is 57.6 Å². The summed E-state index contributed by atoms with van der Waals surface area (Å²) in [6, 6.07) is 6.95. The molecule has 1 unspecified atom stereocenters. The van der Waals surface area contributed by atoms with Crippen LogP contribution in [0.3, 0.4) is 0 Å². The van der Waals surface area contributed by atoms with Crippen molar-refractivity contribution in [3.8, 4) is 11.5 Å². The third kappa shape index (κ3) is 3.16. The molecular formula is C15H13BrF2O2. The van der Waals surface area contributed by atoms with Gasteiger partial charge in [0.2, 0.25) is 0 Å². The van der Waals surface area contributed by atoms with Crippen LogP contribution in [-0.2, 0) is 0 Å². The molecular weight excluding hydrogens is 330 g/mol. The van der Waals surface area contributed by atoms with Crippen molar-refractivity contribution in [2.75, 3.05) is 0 Å². The Bertz CT molecular complexity index is 642. The smallest absolute Gasteiger partial charge is 0.137 e. The monoisotopic (exact) mass is 342 g/mol. The maximum Gasteiger partial charge on any atom is 0.137 e. The van der Waals surface area contributed by atoms with Crippen molar-refractivity contribution in [2.45, 2.75) is 20.0 Å². The third-order valence-electron chi connectivity index (χ3n) is 2.86. The van der Waals surface area contributed by atoms with Gasteiger partial charge in [-0.3, -0.25) is 0 Å². The van der Waals surface area contributed by atoms with E-state index >= 15 is 0 Å². The Labute approximate surface area is 124 Å². The second kappa shape index (κ2) is 5.89. The number of aryl methyl sites for hydroxylation is 1. The molecule has 5 heteroatoms. The van der Waals surface area contributed by atoms with E-state index in [0.29, 0.717) is 22.6 Å². The average Bonchev–Trinajstić information content (AvgIpc) is 2.37. The molecule has 0 fully saturated rings. The van der Waals surface area contributed by atoms with E-state index in [-0.39, 0.29) is 4.47 Å². The summed E-state index contributed by atoms with van der Waals surface area (Å²) >= 11 is 3.07. The van der Waals surface area contributed by atoms with Gasteiger partial charge in [-0.05, 0) is 65.7 Å². The van der Waals surface area contributed by atoms with Crippen LogP contribution in [0, 0.1) is 18.6 Å². The number of benzene rings is 2. The first-order valence-electron chi connectivity index (χ1n) is 5.99. The minimum absolute atomic E-state index is 0.271. The minimum Gasteiger partial charge on any atom is -0.457 e. The van der Waals surface area contributed by atoms with E-state index in [9.17, 15) is 13.9 Å². The van der Waals surface area contributed by atoms with E-state index in [1.165, 1.54) is 37.3 Å². The fourth-order valence-electron chi connectivity index (χ4n) is 1.75. The van der Waals surface area contributed by atoms with Crippen LogP contribution in [0.2, 0.25) is 0 Å². The standard InChI is InChI=1S/C15H13BrF2O2/c1-8-5-15(11(9(2)19)7-14(8)18)20-10-3-4-13(17)12(16)6-10/h3-7,9,19H,1-2H3. The van der Waals surface area contributed by atoms with Crippen LogP contribution in [0.4, 0.5) is 8.78 Å². The Hall–Kier alpha value is -1.46. The molecule has 0 bridgehead atoms. The van der Waals surface area contributed by atoms with E-state index in [4.69, 9.17) is 4.74 Å². The van der Waals surface area contributed by atoms with Gasteiger partial charge in [0.15, 0.2) is 0 Å². The molecule has 2 nitrogen and oxygen atoms in total. The third-order valence-corrected chi connectivity index (χ3v) is 3.47. The molecule has 1 N–H and O–H groups in total. The maximum absolute atomic E-state index is 13.6. The molecule has 20 heavy (non-hydrogen) atoms. The highest BCUT2D eigenvalue weighted by Gasteiger charge is 2.14. The van der Waals surface area contributed by atoms with Crippen molar-refractivity contribution in [2.24, 2.45) is 0 Å². The van der Waals surface area contributed by atoms with Crippen LogP contribution in [0.5, 0.6) is 11.5 Å². The summed E-state index contributed by atoms with van der Waals surface area (Å²) in [5.74, 6) is -0.0690. The normalized spacial score (nSPS) is 12.3. The largest absolute Gasteiger partial charge is 0.457 e. The van der Waals surface area contributed by atoms with Crippen LogP contribution in [-0.4, -0.2) is 5.11 Å². The first kappa shape index (κ1) is 14.9. The molecule has 2 rings (SSSR count). The van der Waals surface area contributed by atoms with Crippen LogP contribution in [0.1, 0.15) is 24.2 Å². The molecule has 0 saturated heterocycles. The Morgan fingerprint density at radius 3 is 2.45 bits per heavy atom. The van der Waals surface area contributed by atoms with Gasteiger partial charge in [-0.2, -0.15) is 0 Å². The summed E-state index contributed by atoms with van der Waals surface area (Å²) in [5.41, 5.74) is 0.749. The molecule has 0 aliphatic heterocycles. The van der Waals surface area contributed by atoms with Gasteiger partial charge in [0, 0.05) is 5.56 Å². The van der Waals surface area contributed by atoms with Gasteiger partial charge in [-0.1, -0.05) is 0 Å². The zero-order valence-electron chi connectivity index (χ0n) is 11.0. The highest BCUT2D eigenvalue weighted by molar-refractivity contribution is 9.10. The minimum atomic E-state index is -0.871. The Kier molecular flexibility index (Phi) is 4.40. The van der Waals surface area contributed by atoms with Crippen molar-refractivity contribution in [1.29, 1.82) is 0 Å². The topological polar surface area (TPSA) is 29.5 Å². The molecule has 106 valence electrons. The van der Waals surface area contributed by atoms with E-state index in [2.05, 4.69) is 15.9 Å². The fraction of sp³-hybridized carbons (Fsp3) is 0.200. The van der Waals surface area contributed by atoms with Crippen molar-refractivity contribution >= 4 is 15.9 Å². The molecule has 0 aliphatic carbocycles. The first-order valence-corrected chi connectivity index (χ1v) is 6.79. The molecule has 0 radical (unpaired) electrons. The van der Waals surface area contributed by atoms with E-state index in [0.717, 1.165) is 0 Å². The van der Waals surface area contributed by atoms with Gasteiger partial charge < -0.3 is 9.84 Å². The lowest BCUT2D eigenvalue weighted by Crippen LogP contribution is -1.99. The number of aliphatic hydroxyl groups excluding tert-OH is 1. The van der Waals surface area contributed by atoms with E-state index in [1.807, 2.05) is 0 Å². The highest BCUT2D eigenvalue weighted by atomic mass is 79.9. The summed E-state index contributed by atoms with van der Waals surface area (Å²) in [4.78, 5) is 0. The molecule has 0 aliphatic rings. The lowest BCUT2D eigenvalue weighted by Gasteiger charge is -2.15. The number of aliphatic hydroxyl groups is 1. The molecule has 0 amide bonds. The van der Waals surface area contributed by atoms with Crippen LogP contribution >= 0.6 is 15.9 Å². The number of rotatable bonds is 3. The van der Waals surface area contributed by atoms with Crippen LogP contribution in [0.15, 0.2) is 34.8 Å². The summed E-state index contributed by atoms with van der Waals surface area (Å²) < 4.78 is 32.6. The molecule has 2 aromatic rings. The predicted octanol–water partition coefficient (Wildman–Crippen LogP) is 4.88. The summed E-state index contributed by atoms with van der Waals surface area (Å²) in [6.45, 7) is 3.13. The average molecular weight is 343 g/mol. The molecule has 0 aromatic heterocycles. The summed E-state index contributed by atoms with van der Waals surface area (Å²) in [6.07, 6.45) is -0.871. The lowest BCUT2D eigenvalue weighted by atomic mass is 10.1. The number of halogens is 3. The molecule has 0 spiro atoms. The van der Waals surface area contributed by atoms with Gasteiger partial charge in [-0.25, -0.2) is 8.78 Å². The number of ether oxygens (including phenoxy) is 1. The predicted molar refractivity (Wildman–Crippen MR) is 75.9 cm³/mol. The van der Waals surface area contributed by atoms with Gasteiger partial charge in [0.1, 0.15) is 23.1 Å². The van der Waals surface area contributed by atoms with E-state index in [1.54, 1.807) is 6.92 Å². The number of hydrogen-bond donors (Lipinski definition) is 1. The Morgan fingerprint density at radius 2 is 1.85 bits per heavy atom. The zero-order chi connectivity index (χ0) is 14.9. The highest BCUT2D eigenvalue weighted by Crippen LogP contribution is 2.33. The van der Waals surface area contributed by atoms with Crippen molar-refractivity contribution in [1.82, 2.24) is 0 Å². The molecule has 0 saturated carbocycles. The van der Waals surface area contributed by atoms with Crippen molar-refractivity contribution < 1.29 is 18.6 Å². The number of hydrogen-bond acceptors (Lipinski definition) is 2. The Balaban J connectivity index is 2.41. The maximum atomic E-state index is 13.6. The second-order valence-corrected chi connectivity index (χ2v) is 5.35. The molecule has 1 atom stereocenters. The fourth-order valence-corrected chi connectivity index (χ4v) is 2.11. The summed E-state index contributed by atoms with van der Waals surface area (Å²) in [7, 11) is 0. The lowest BCUT2D eigenvalue weighted by molar-refractivity contribution is 0.195. The van der Waals surface area contributed by atoms with Gasteiger partial charge in [0.25, 0.3) is 0 Å². The van der Waals surface area contributed by atoms with Gasteiger partial charge >= 0.3 is 0 Å². The van der Waals surface area contributed by atoms with Crippen LogP contribution < -0.4 is 4.74 Å². The first-order chi connectivity index (χ1) is 9.38. The van der Waals surface area contributed by atoms with Gasteiger partial charge in [0.05, 0.1) is 10.6 Å². The summed E-state index contributed by atoms with van der Waals surface area (Å²) in [5, 5.41) is 9.68. The van der Waals surface area contributed by atoms with Gasteiger partial charge in [-0.15, -0.1) is 0 Å². The Morgan fingerprint density at radius 1 is 1.15 bits per heavy atom. The SMILES string of the molecule is Cc1cc(Oc2ccc(F)c(Br)c2)c(C(C)O)cc1F. The second-order valence-electron chi connectivity index (χ2n) is 4.49. The zero-order valence-corrected chi connectivity index (χ0v) is 12.5.